The van der Waals surface area contributed by atoms with E-state index in [1.54, 1.807) is 20.0 Å². The summed E-state index contributed by atoms with van der Waals surface area (Å²) in [6.45, 7) is 1.75. The van der Waals surface area contributed by atoms with Gasteiger partial charge in [-0.15, -0.1) is 0 Å². The molecule has 5 nitrogen and oxygen atoms in total. The molecule has 0 atom stereocenters. The molecule has 0 bridgehead atoms. The van der Waals surface area contributed by atoms with E-state index in [4.69, 9.17) is 5.73 Å². The van der Waals surface area contributed by atoms with Gasteiger partial charge in [0.05, 0.1) is 0 Å². The minimum absolute atomic E-state index is 0.0308. The number of amides is 2. The fourth-order valence-electron chi connectivity index (χ4n) is 1.06. The number of hydrogen-bond acceptors (Lipinski definition) is 3. The van der Waals surface area contributed by atoms with Crippen molar-refractivity contribution in [2.45, 2.75) is 13.3 Å². The third-order valence-corrected chi connectivity index (χ3v) is 1.93. The lowest BCUT2D eigenvalue weighted by Crippen LogP contribution is -2.27. The Bertz CT molecular complexity index is 390. The maximum Gasteiger partial charge on any atom is 0.268 e. The maximum absolute atomic E-state index is 11.4. The van der Waals surface area contributed by atoms with E-state index in [-0.39, 0.29) is 11.6 Å². The van der Waals surface area contributed by atoms with Crippen molar-refractivity contribution in [1.29, 1.82) is 0 Å². The largest absolute Gasteiger partial charge is 0.364 e. The van der Waals surface area contributed by atoms with Gasteiger partial charge in [-0.25, -0.2) is 4.98 Å². The van der Waals surface area contributed by atoms with Gasteiger partial charge in [0, 0.05) is 19.5 Å². The average molecular weight is 206 g/mol. The van der Waals surface area contributed by atoms with Crippen molar-refractivity contribution in [3.63, 3.8) is 0 Å². The van der Waals surface area contributed by atoms with Gasteiger partial charge in [0.25, 0.3) is 5.91 Å². The smallest absolute Gasteiger partial charge is 0.268 e. The predicted octanol–water partition coefficient (Wildman–Crippen LogP) is 0.353. The summed E-state index contributed by atoms with van der Waals surface area (Å²) >= 11 is 0. The highest BCUT2D eigenvalue weighted by Crippen LogP contribution is 2.10. The Morgan fingerprint density at radius 2 is 2.27 bits per heavy atom. The number of anilines is 1. The SMILES string of the molecule is CCC(=O)N(C)c1cc[c]c(C(N)=O)n1. The number of nitrogens with two attached hydrogens (primary N) is 1. The quantitative estimate of drug-likeness (QED) is 0.775. The minimum atomic E-state index is -0.658. The van der Waals surface area contributed by atoms with Gasteiger partial charge in [-0.05, 0) is 12.1 Å². The molecule has 0 unspecified atom stereocenters. The van der Waals surface area contributed by atoms with Crippen LogP contribution in [0.5, 0.6) is 0 Å². The van der Waals surface area contributed by atoms with Crippen LogP contribution in [0.15, 0.2) is 12.1 Å². The number of aromatic nitrogens is 1. The van der Waals surface area contributed by atoms with Crippen molar-refractivity contribution in [3.05, 3.63) is 23.9 Å². The lowest BCUT2D eigenvalue weighted by molar-refractivity contribution is -0.118. The summed E-state index contributed by atoms with van der Waals surface area (Å²) < 4.78 is 0. The van der Waals surface area contributed by atoms with E-state index >= 15 is 0 Å². The Hall–Kier alpha value is -1.91. The first-order chi connectivity index (χ1) is 7.06. The summed E-state index contributed by atoms with van der Waals surface area (Å²) in [5, 5.41) is 0. The molecule has 2 amide bonds. The van der Waals surface area contributed by atoms with Gasteiger partial charge >= 0.3 is 0 Å². The molecule has 0 aliphatic rings. The van der Waals surface area contributed by atoms with E-state index < -0.39 is 5.91 Å². The zero-order valence-corrected chi connectivity index (χ0v) is 8.65. The fraction of sp³-hybridized carbons (Fsp3) is 0.300. The molecule has 0 fully saturated rings. The van der Waals surface area contributed by atoms with Crippen molar-refractivity contribution in [2.24, 2.45) is 5.73 Å². The lowest BCUT2D eigenvalue weighted by atomic mass is 10.3. The van der Waals surface area contributed by atoms with Crippen LogP contribution in [0.2, 0.25) is 0 Å². The molecule has 1 aromatic heterocycles. The molecule has 15 heavy (non-hydrogen) atoms. The highest BCUT2D eigenvalue weighted by molar-refractivity contribution is 5.94. The molecule has 79 valence electrons. The van der Waals surface area contributed by atoms with E-state index in [9.17, 15) is 9.59 Å². The number of primary amides is 1. The zero-order chi connectivity index (χ0) is 11.4. The standard InChI is InChI=1S/C10H12N3O2/c1-3-9(14)13(2)8-6-4-5-7(12-8)10(11)15/h4,6H,3H2,1-2H3,(H2,11,15). The Kier molecular flexibility index (Phi) is 3.38. The van der Waals surface area contributed by atoms with Crippen LogP contribution in [-0.4, -0.2) is 23.8 Å². The second kappa shape index (κ2) is 4.54. The molecular weight excluding hydrogens is 194 g/mol. The van der Waals surface area contributed by atoms with Crippen LogP contribution in [0.3, 0.4) is 0 Å². The first-order valence-corrected chi connectivity index (χ1v) is 4.51. The monoisotopic (exact) mass is 206 g/mol. The lowest BCUT2D eigenvalue weighted by Gasteiger charge is -2.15. The maximum atomic E-state index is 11.4. The Morgan fingerprint density at radius 3 is 2.80 bits per heavy atom. The van der Waals surface area contributed by atoms with E-state index in [1.807, 2.05) is 0 Å². The molecule has 0 aromatic carbocycles. The first kappa shape index (κ1) is 11.2. The van der Waals surface area contributed by atoms with Crippen LogP contribution in [-0.2, 0) is 4.79 Å². The summed E-state index contributed by atoms with van der Waals surface area (Å²) in [6, 6.07) is 5.71. The highest BCUT2D eigenvalue weighted by Gasteiger charge is 2.11. The van der Waals surface area contributed by atoms with Gasteiger partial charge in [-0.3, -0.25) is 14.5 Å². The normalized spacial score (nSPS) is 9.73. The molecule has 0 saturated heterocycles. The van der Waals surface area contributed by atoms with Gasteiger partial charge in [0.15, 0.2) is 0 Å². The van der Waals surface area contributed by atoms with Crippen LogP contribution in [0.1, 0.15) is 23.8 Å². The second-order valence-electron chi connectivity index (χ2n) is 2.97. The van der Waals surface area contributed by atoms with Crippen molar-refractivity contribution >= 4 is 17.6 Å². The number of pyridine rings is 1. The number of hydrogen-bond donors (Lipinski definition) is 1. The zero-order valence-electron chi connectivity index (χ0n) is 8.65. The Labute approximate surface area is 87.9 Å². The van der Waals surface area contributed by atoms with Gasteiger partial charge in [0.2, 0.25) is 5.91 Å². The molecule has 0 saturated carbocycles. The van der Waals surface area contributed by atoms with Gasteiger partial charge in [-0.1, -0.05) is 6.92 Å². The molecule has 1 heterocycles. The van der Waals surface area contributed by atoms with Crippen LogP contribution < -0.4 is 10.6 Å². The van der Waals surface area contributed by atoms with Crippen LogP contribution in [0.4, 0.5) is 5.82 Å². The number of rotatable bonds is 3. The highest BCUT2D eigenvalue weighted by atomic mass is 16.2. The minimum Gasteiger partial charge on any atom is -0.364 e. The number of nitrogens with zero attached hydrogens (tertiary/aromatic N) is 2. The van der Waals surface area contributed by atoms with Crippen molar-refractivity contribution in [2.75, 3.05) is 11.9 Å². The van der Waals surface area contributed by atoms with Crippen LogP contribution in [0.25, 0.3) is 0 Å². The number of carbonyl (C=O) groups excluding carboxylic acids is 2. The molecule has 0 aliphatic carbocycles. The second-order valence-corrected chi connectivity index (χ2v) is 2.97. The van der Waals surface area contributed by atoms with Crippen LogP contribution in [0, 0.1) is 6.07 Å². The third kappa shape index (κ3) is 2.52. The van der Waals surface area contributed by atoms with Crippen molar-refractivity contribution < 1.29 is 9.59 Å². The van der Waals surface area contributed by atoms with Gasteiger partial charge in [0.1, 0.15) is 11.5 Å². The van der Waals surface area contributed by atoms with E-state index in [2.05, 4.69) is 11.1 Å². The summed E-state index contributed by atoms with van der Waals surface area (Å²) in [6.07, 6.45) is 0.378. The Balaban J connectivity index is 3.00. The summed E-state index contributed by atoms with van der Waals surface area (Å²) in [5.74, 6) is -0.340. The average Bonchev–Trinajstić information content (AvgIpc) is 2.27. The summed E-state index contributed by atoms with van der Waals surface area (Å²) in [5.41, 5.74) is 5.09. The molecule has 0 spiro atoms. The van der Waals surface area contributed by atoms with E-state index in [0.29, 0.717) is 12.2 Å². The molecular formula is C10H12N3O2. The molecule has 0 aliphatic heterocycles. The third-order valence-electron chi connectivity index (χ3n) is 1.93. The molecule has 5 heteroatoms. The molecule has 2 N–H and O–H groups in total. The molecule has 1 rings (SSSR count). The van der Waals surface area contributed by atoms with Crippen molar-refractivity contribution in [3.8, 4) is 0 Å². The van der Waals surface area contributed by atoms with Gasteiger partial charge in [-0.2, -0.15) is 0 Å². The molecule has 1 radical (unpaired) electrons. The van der Waals surface area contributed by atoms with Gasteiger partial charge < -0.3 is 5.73 Å². The Morgan fingerprint density at radius 1 is 1.60 bits per heavy atom. The number of carbonyl (C=O) groups is 2. The van der Waals surface area contributed by atoms with Crippen LogP contribution >= 0.6 is 0 Å². The topological polar surface area (TPSA) is 76.3 Å². The summed E-state index contributed by atoms with van der Waals surface area (Å²) in [7, 11) is 1.60. The van der Waals surface area contributed by atoms with E-state index in [0.717, 1.165) is 0 Å². The predicted molar refractivity (Wildman–Crippen MR) is 55.3 cm³/mol. The van der Waals surface area contributed by atoms with Crippen molar-refractivity contribution in [1.82, 2.24) is 4.98 Å². The fourth-order valence-corrected chi connectivity index (χ4v) is 1.06. The summed E-state index contributed by atoms with van der Waals surface area (Å²) in [4.78, 5) is 27.5. The first-order valence-electron chi connectivity index (χ1n) is 4.51. The molecule has 1 aromatic rings. The van der Waals surface area contributed by atoms with E-state index in [1.165, 1.54) is 11.0 Å².